The number of hydrogen-bond acceptors (Lipinski definition) is 3. The average molecular weight is 301 g/mol. The number of halogens is 1. The molecule has 0 unspecified atom stereocenters. The van der Waals surface area contributed by atoms with Crippen LogP contribution in [0.15, 0.2) is 42.5 Å². The van der Waals surface area contributed by atoms with Gasteiger partial charge < -0.3 is 10.4 Å². The minimum atomic E-state index is -1.06. The van der Waals surface area contributed by atoms with Gasteiger partial charge in [-0.2, -0.15) is 5.26 Å². The number of anilines is 1. The number of carboxylic acids is 1. The lowest BCUT2D eigenvalue weighted by molar-refractivity contribution is 0.0696. The van der Waals surface area contributed by atoms with Crippen LogP contribution in [0.4, 0.5) is 5.69 Å². The maximum absolute atomic E-state index is 12.0. The third-order valence-electron chi connectivity index (χ3n) is 2.74. The Labute approximate surface area is 125 Å². The lowest BCUT2D eigenvalue weighted by Crippen LogP contribution is -2.12. The lowest BCUT2D eigenvalue weighted by Gasteiger charge is -2.07. The van der Waals surface area contributed by atoms with Crippen molar-refractivity contribution in [3.05, 3.63) is 64.2 Å². The average Bonchev–Trinajstić information content (AvgIpc) is 2.49. The highest BCUT2D eigenvalue weighted by Gasteiger charge is 2.10. The number of nitrogens with zero attached hydrogens (tertiary/aromatic N) is 1. The molecule has 0 aliphatic rings. The molecule has 0 radical (unpaired) electrons. The van der Waals surface area contributed by atoms with Crippen LogP contribution < -0.4 is 5.32 Å². The number of carboxylic acid groups (broad SMARTS) is 1. The number of nitriles is 1. The monoisotopic (exact) mass is 300 g/mol. The summed E-state index contributed by atoms with van der Waals surface area (Å²) in [7, 11) is 0. The molecule has 0 fully saturated rings. The summed E-state index contributed by atoms with van der Waals surface area (Å²) in [5.41, 5.74) is 1.18. The van der Waals surface area contributed by atoms with E-state index in [1.54, 1.807) is 0 Å². The van der Waals surface area contributed by atoms with Crippen molar-refractivity contribution >= 4 is 29.2 Å². The molecule has 0 spiro atoms. The SMILES string of the molecule is N#Cc1ccc(NC(=O)c2ccc(C(=O)O)cc2)c(Cl)c1. The van der Waals surface area contributed by atoms with Gasteiger partial charge in [-0.15, -0.1) is 0 Å². The number of hydrogen-bond donors (Lipinski definition) is 2. The number of nitrogens with one attached hydrogen (secondary N) is 1. The number of carbonyl (C=O) groups excluding carboxylic acids is 1. The first-order chi connectivity index (χ1) is 10.0. The van der Waals surface area contributed by atoms with Gasteiger partial charge in [0.2, 0.25) is 0 Å². The van der Waals surface area contributed by atoms with E-state index < -0.39 is 11.9 Å². The fourth-order valence-electron chi connectivity index (χ4n) is 1.64. The Morgan fingerprint density at radius 2 is 1.71 bits per heavy atom. The van der Waals surface area contributed by atoms with Crippen molar-refractivity contribution in [3.8, 4) is 6.07 Å². The number of aromatic carboxylic acids is 1. The van der Waals surface area contributed by atoms with E-state index in [1.807, 2.05) is 6.07 Å². The topological polar surface area (TPSA) is 90.2 Å². The van der Waals surface area contributed by atoms with Gasteiger partial charge in [0.05, 0.1) is 27.9 Å². The van der Waals surface area contributed by atoms with Crippen molar-refractivity contribution in [2.45, 2.75) is 0 Å². The molecule has 0 saturated carbocycles. The zero-order valence-corrected chi connectivity index (χ0v) is 11.4. The van der Waals surface area contributed by atoms with E-state index in [0.717, 1.165) is 0 Å². The van der Waals surface area contributed by atoms with Crippen LogP contribution in [0.2, 0.25) is 5.02 Å². The Kier molecular flexibility index (Phi) is 4.21. The second-order valence-corrected chi connectivity index (χ2v) is 4.55. The summed E-state index contributed by atoms with van der Waals surface area (Å²) >= 11 is 5.96. The Balaban J connectivity index is 2.18. The molecule has 0 aliphatic carbocycles. The fraction of sp³-hybridized carbons (Fsp3) is 0. The maximum atomic E-state index is 12.0. The summed E-state index contributed by atoms with van der Waals surface area (Å²) in [5.74, 6) is -1.48. The van der Waals surface area contributed by atoms with E-state index in [0.29, 0.717) is 16.8 Å². The molecule has 1 amide bonds. The summed E-state index contributed by atoms with van der Waals surface area (Å²) in [6.07, 6.45) is 0. The molecule has 5 nitrogen and oxygen atoms in total. The van der Waals surface area contributed by atoms with Gasteiger partial charge in [-0.3, -0.25) is 4.79 Å². The minimum absolute atomic E-state index is 0.1000. The smallest absolute Gasteiger partial charge is 0.335 e. The molecule has 104 valence electrons. The quantitative estimate of drug-likeness (QED) is 0.911. The van der Waals surface area contributed by atoms with Gasteiger partial charge >= 0.3 is 5.97 Å². The maximum Gasteiger partial charge on any atom is 0.335 e. The Hall–Kier alpha value is -2.84. The molecule has 2 aromatic carbocycles. The Morgan fingerprint density at radius 1 is 1.10 bits per heavy atom. The van der Waals surface area contributed by atoms with Crippen LogP contribution in [-0.4, -0.2) is 17.0 Å². The molecule has 2 rings (SSSR count). The predicted octanol–water partition coefficient (Wildman–Crippen LogP) is 3.16. The molecule has 6 heteroatoms. The number of benzene rings is 2. The van der Waals surface area contributed by atoms with Crippen molar-refractivity contribution in [1.29, 1.82) is 5.26 Å². The van der Waals surface area contributed by atoms with Crippen molar-refractivity contribution in [2.24, 2.45) is 0 Å². The third kappa shape index (κ3) is 3.38. The van der Waals surface area contributed by atoms with Crippen molar-refractivity contribution in [3.63, 3.8) is 0 Å². The second-order valence-electron chi connectivity index (χ2n) is 4.14. The third-order valence-corrected chi connectivity index (χ3v) is 3.05. The molecule has 0 atom stereocenters. The highest BCUT2D eigenvalue weighted by Crippen LogP contribution is 2.23. The first-order valence-corrected chi connectivity index (χ1v) is 6.23. The van der Waals surface area contributed by atoms with Gasteiger partial charge in [0.1, 0.15) is 0 Å². The van der Waals surface area contributed by atoms with E-state index in [9.17, 15) is 9.59 Å². The zero-order chi connectivity index (χ0) is 15.4. The summed E-state index contributed by atoms with van der Waals surface area (Å²) in [6, 6.07) is 12.0. The molecule has 21 heavy (non-hydrogen) atoms. The summed E-state index contributed by atoms with van der Waals surface area (Å²) < 4.78 is 0. The summed E-state index contributed by atoms with van der Waals surface area (Å²) in [5, 5.41) is 20.4. The highest BCUT2D eigenvalue weighted by molar-refractivity contribution is 6.34. The first-order valence-electron chi connectivity index (χ1n) is 5.85. The lowest BCUT2D eigenvalue weighted by atomic mass is 10.1. The second kappa shape index (κ2) is 6.07. The van der Waals surface area contributed by atoms with Gasteiger partial charge in [-0.1, -0.05) is 11.6 Å². The number of rotatable bonds is 3. The van der Waals surface area contributed by atoms with Crippen molar-refractivity contribution < 1.29 is 14.7 Å². The van der Waals surface area contributed by atoms with Gasteiger partial charge in [-0.05, 0) is 42.5 Å². The molecule has 0 aliphatic heterocycles. The van der Waals surface area contributed by atoms with Gasteiger partial charge in [0, 0.05) is 5.56 Å². The molecule has 0 bridgehead atoms. The van der Waals surface area contributed by atoms with Gasteiger partial charge in [-0.25, -0.2) is 4.79 Å². The molecular weight excluding hydrogens is 292 g/mol. The molecule has 0 aromatic heterocycles. The molecule has 0 heterocycles. The fourth-order valence-corrected chi connectivity index (χ4v) is 1.87. The minimum Gasteiger partial charge on any atom is -0.478 e. The summed E-state index contributed by atoms with van der Waals surface area (Å²) in [6.45, 7) is 0. The molecule has 0 saturated heterocycles. The van der Waals surface area contributed by atoms with Crippen LogP contribution in [-0.2, 0) is 0 Å². The highest BCUT2D eigenvalue weighted by atomic mass is 35.5. The van der Waals surface area contributed by atoms with Gasteiger partial charge in [0.15, 0.2) is 0 Å². The standard InChI is InChI=1S/C15H9ClN2O3/c16-12-7-9(8-17)1-6-13(12)18-14(19)10-2-4-11(5-3-10)15(20)21/h1-7H,(H,18,19)(H,20,21). The van der Waals surface area contributed by atoms with Crippen LogP contribution in [0.1, 0.15) is 26.3 Å². The molecule has 2 N–H and O–H groups in total. The van der Waals surface area contributed by atoms with E-state index in [1.165, 1.54) is 42.5 Å². The van der Waals surface area contributed by atoms with Gasteiger partial charge in [0.25, 0.3) is 5.91 Å². The summed E-state index contributed by atoms with van der Waals surface area (Å²) in [4.78, 5) is 22.8. The van der Waals surface area contributed by atoms with E-state index in [2.05, 4.69) is 5.32 Å². The van der Waals surface area contributed by atoms with Crippen molar-refractivity contribution in [2.75, 3.05) is 5.32 Å². The van der Waals surface area contributed by atoms with E-state index in [-0.39, 0.29) is 10.6 Å². The Bertz CT molecular complexity index is 749. The van der Waals surface area contributed by atoms with E-state index in [4.69, 9.17) is 22.0 Å². The van der Waals surface area contributed by atoms with E-state index >= 15 is 0 Å². The normalized spacial score (nSPS) is 9.71. The first kappa shape index (κ1) is 14.6. The Morgan fingerprint density at radius 3 is 2.24 bits per heavy atom. The predicted molar refractivity (Wildman–Crippen MR) is 77.5 cm³/mol. The van der Waals surface area contributed by atoms with Crippen molar-refractivity contribution in [1.82, 2.24) is 0 Å². The number of carbonyl (C=O) groups is 2. The van der Waals surface area contributed by atoms with Crippen LogP contribution >= 0.6 is 11.6 Å². The van der Waals surface area contributed by atoms with Crippen LogP contribution in [0.25, 0.3) is 0 Å². The van der Waals surface area contributed by atoms with Crippen LogP contribution in [0.3, 0.4) is 0 Å². The zero-order valence-electron chi connectivity index (χ0n) is 10.6. The number of amides is 1. The van der Waals surface area contributed by atoms with Crippen LogP contribution in [0.5, 0.6) is 0 Å². The molecule has 2 aromatic rings. The van der Waals surface area contributed by atoms with Crippen LogP contribution in [0, 0.1) is 11.3 Å². The molecular formula is C15H9ClN2O3. The largest absolute Gasteiger partial charge is 0.478 e.